The molecule has 2 atom stereocenters. The maximum absolute atomic E-state index is 13.3. The molecule has 0 saturated carbocycles. The zero-order valence-corrected chi connectivity index (χ0v) is 22.0. The Balaban J connectivity index is 1.26. The summed E-state index contributed by atoms with van der Waals surface area (Å²) in [7, 11) is -4.00. The molecule has 1 aliphatic carbocycles. The summed E-state index contributed by atoms with van der Waals surface area (Å²) in [6.07, 6.45) is 7.84. The molecule has 2 aromatic carbocycles. The van der Waals surface area contributed by atoms with E-state index >= 15 is 0 Å². The Bertz CT molecular complexity index is 1300. The second kappa shape index (κ2) is 10.7. The number of nitrogens with one attached hydrogen (secondary N) is 2. The SMILES string of the molecule is Cc1ccc(S(=O)(=O)N2C=CNC(=O)[C@H]2CC(=O)N[C@@H]2CCc3cc(CN4CCCCC4)ccc32)cc1. The van der Waals surface area contributed by atoms with Crippen molar-refractivity contribution in [3.05, 3.63) is 77.1 Å². The van der Waals surface area contributed by atoms with Gasteiger partial charge in [0.05, 0.1) is 17.4 Å². The van der Waals surface area contributed by atoms with Gasteiger partial charge in [0.2, 0.25) is 11.8 Å². The third-order valence-electron chi connectivity index (χ3n) is 7.51. The van der Waals surface area contributed by atoms with Crippen molar-refractivity contribution >= 4 is 21.8 Å². The lowest BCUT2D eigenvalue weighted by atomic mass is 10.0. The van der Waals surface area contributed by atoms with Crippen molar-refractivity contribution in [3.8, 4) is 0 Å². The summed E-state index contributed by atoms with van der Waals surface area (Å²) < 4.78 is 27.5. The molecule has 8 nitrogen and oxygen atoms in total. The van der Waals surface area contributed by atoms with Crippen molar-refractivity contribution in [3.63, 3.8) is 0 Å². The van der Waals surface area contributed by atoms with E-state index in [-0.39, 0.29) is 23.3 Å². The van der Waals surface area contributed by atoms with Crippen LogP contribution >= 0.6 is 0 Å². The van der Waals surface area contributed by atoms with E-state index < -0.39 is 22.0 Å². The standard InChI is InChI=1S/C28H34N4O4S/c1-20-5-9-23(10-6-20)37(35,36)32-16-13-29-28(34)26(32)18-27(33)30-25-12-8-22-17-21(7-11-24(22)25)19-31-14-3-2-4-15-31/h5-7,9-11,13,16-17,25-26H,2-4,8,12,14-15,18-19H2,1H3,(H,29,34)(H,30,33)/t25-,26-/m1/s1. The number of carbonyl (C=O) groups excluding carboxylic acids is 2. The molecule has 2 amide bonds. The van der Waals surface area contributed by atoms with Gasteiger partial charge in [0.15, 0.2) is 0 Å². The van der Waals surface area contributed by atoms with Crippen LogP contribution in [-0.2, 0) is 32.6 Å². The second-order valence-corrected chi connectivity index (χ2v) is 12.1. The van der Waals surface area contributed by atoms with Gasteiger partial charge in [0.25, 0.3) is 10.0 Å². The first-order valence-electron chi connectivity index (χ1n) is 13.0. The fourth-order valence-electron chi connectivity index (χ4n) is 5.49. The molecule has 0 unspecified atom stereocenters. The highest BCUT2D eigenvalue weighted by molar-refractivity contribution is 7.89. The molecule has 0 aromatic heterocycles. The van der Waals surface area contributed by atoms with E-state index in [1.54, 1.807) is 12.1 Å². The van der Waals surface area contributed by atoms with E-state index in [2.05, 4.69) is 33.7 Å². The van der Waals surface area contributed by atoms with Crippen LogP contribution in [0.25, 0.3) is 0 Å². The average Bonchev–Trinajstić information content (AvgIpc) is 3.27. The Labute approximate surface area is 218 Å². The van der Waals surface area contributed by atoms with Gasteiger partial charge in [-0.1, -0.05) is 42.3 Å². The predicted molar refractivity (Wildman–Crippen MR) is 141 cm³/mol. The molecule has 5 rings (SSSR count). The van der Waals surface area contributed by atoms with Gasteiger partial charge in [-0.2, -0.15) is 0 Å². The third kappa shape index (κ3) is 5.57. The molecule has 2 N–H and O–H groups in total. The molecular formula is C28H34N4O4S. The van der Waals surface area contributed by atoms with Crippen molar-refractivity contribution in [1.29, 1.82) is 0 Å². The van der Waals surface area contributed by atoms with Crippen LogP contribution in [-0.4, -0.2) is 48.6 Å². The predicted octanol–water partition coefficient (Wildman–Crippen LogP) is 3.14. The summed E-state index contributed by atoms with van der Waals surface area (Å²) in [5.74, 6) is -0.877. The van der Waals surface area contributed by atoms with Gasteiger partial charge in [-0.3, -0.25) is 18.8 Å². The summed E-state index contributed by atoms with van der Waals surface area (Å²) in [4.78, 5) is 28.3. The molecule has 2 heterocycles. The van der Waals surface area contributed by atoms with E-state index in [0.717, 1.165) is 47.9 Å². The third-order valence-corrected chi connectivity index (χ3v) is 9.31. The number of aryl methyl sites for hydroxylation is 2. The topological polar surface area (TPSA) is 98.8 Å². The average molecular weight is 523 g/mol. The summed E-state index contributed by atoms with van der Waals surface area (Å²) >= 11 is 0. The molecule has 2 aliphatic heterocycles. The number of sulfonamides is 1. The van der Waals surface area contributed by atoms with Crippen molar-refractivity contribution in [1.82, 2.24) is 19.8 Å². The highest BCUT2D eigenvalue weighted by atomic mass is 32.2. The Morgan fingerprint density at radius 3 is 2.59 bits per heavy atom. The van der Waals surface area contributed by atoms with Crippen molar-refractivity contribution in [2.75, 3.05) is 13.1 Å². The summed E-state index contributed by atoms with van der Waals surface area (Å²) in [6, 6.07) is 11.6. The van der Waals surface area contributed by atoms with Crippen LogP contribution in [0.4, 0.5) is 0 Å². The number of hydrogen-bond acceptors (Lipinski definition) is 5. The van der Waals surface area contributed by atoms with Gasteiger partial charge in [-0.25, -0.2) is 8.42 Å². The molecule has 1 saturated heterocycles. The molecule has 37 heavy (non-hydrogen) atoms. The number of likely N-dealkylation sites (tertiary alicyclic amines) is 1. The van der Waals surface area contributed by atoms with Crippen molar-refractivity contribution in [2.24, 2.45) is 0 Å². The highest BCUT2D eigenvalue weighted by Crippen LogP contribution is 2.32. The maximum atomic E-state index is 13.3. The van der Waals surface area contributed by atoms with E-state index in [9.17, 15) is 18.0 Å². The zero-order chi connectivity index (χ0) is 26.0. The number of piperidine rings is 1. The largest absolute Gasteiger partial charge is 0.349 e. The number of benzene rings is 2. The normalized spacial score (nSPS) is 22.0. The number of nitrogens with zero attached hydrogens (tertiary/aromatic N) is 2. The molecule has 1 fully saturated rings. The van der Waals surface area contributed by atoms with E-state index in [0.29, 0.717) is 0 Å². The molecule has 9 heteroatoms. The fraction of sp³-hybridized carbons (Fsp3) is 0.429. The monoisotopic (exact) mass is 522 g/mol. The first kappa shape index (κ1) is 25.5. The lowest BCUT2D eigenvalue weighted by Crippen LogP contribution is -2.51. The van der Waals surface area contributed by atoms with E-state index in [1.807, 2.05) is 6.92 Å². The minimum atomic E-state index is -4.00. The van der Waals surface area contributed by atoms with Crippen molar-refractivity contribution in [2.45, 2.75) is 69.0 Å². The molecule has 0 bridgehead atoms. The van der Waals surface area contributed by atoms with Gasteiger partial charge >= 0.3 is 0 Å². The quantitative estimate of drug-likeness (QED) is 0.582. The molecule has 196 valence electrons. The number of carbonyl (C=O) groups is 2. The summed E-state index contributed by atoms with van der Waals surface area (Å²) in [6.45, 7) is 5.13. The van der Waals surface area contributed by atoms with Crippen molar-refractivity contribution < 1.29 is 18.0 Å². The Morgan fingerprint density at radius 1 is 1.08 bits per heavy atom. The van der Waals surface area contributed by atoms with Crippen LogP contribution < -0.4 is 10.6 Å². The molecular weight excluding hydrogens is 488 g/mol. The molecule has 0 radical (unpaired) electrons. The van der Waals surface area contributed by atoms with Crippen LogP contribution in [0, 0.1) is 6.92 Å². The number of hydrogen-bond donors (Lipinski definition) is 2. The van der Waals surface area contributed by atoms with Gasteiger partial charge in [-0.15, -0.1) is 0 Å². The summed E-state index contributed by atoms with van der Waals surface area (Å²) in [5.41, 5.74) is 4.59. The van der Waals surface area contributed by atoms with Crippen LogP contribution in [0.2, 0.25) is 0 Å². The first-order chi connectivity index (χ1) is 17.8. The van der Waals surface area contributed by atoms with Crippen LogP contribution in [0.5, 0.6) is 0 Å². The molecule has 0 spiro atoms. The fourth-order valence-corrected chi connectivity index (χ4v) is 6.94. The second-order valence-electron chi connectivity index (χ2n) is 10.2. The van der Waals surface area contributed by atoms with Crippen LogP contribution in [0.1, 0.15) is 60.4 Å². The molecule has 2 aromatic rings. The molecule has 3 aliphatic rings. The number of amides is 2. The highest BCUT2D eigenvalue weighted by Gasteiger charge is 2.37. The first-order valence-corrected chi connectivity index (χ1v) is 14.5. The van der Waals surface area contributed by atoms with Crippen LogP contribution in [0.3, 0.4) is 0 Å². The van der Waals surface area contributed by atoms with Gasteiger partial charge in [0, 0.05) is 18.9 Å². The maximum Gasteiger partial charge on any atom is 0.264 e. The smallest absolute Gasteiger partial charge is 0.264 e. The lowest BCUT2D eigenvalue weighted by Gasteiger charge is -2.31. The van der Waals surface area contributed by atoms with Crippen LogP contribution in [0.15, 0.2) is 59.8 Å². The number of fused-ring (bicyclic) bond motifs is 1. The van der Waals surface area contributed by atoms with Gasteiger partial charge in [-0.05, 0) is 74.5 Å². The summed E-state index contributed by atoms with van der Waals surface area (Å²) in [5, 5.41) is 5.59. The Morgan fingerprint density at radius 2 is 1.84 bits per heavy atom. The van der Waals surface area contributed by atoms with E-state index in [4.69, 9.17) is 0 Å². The lowest BCUT2D eigenvalue weighted by molar-refractivity contribution is -0.129. The van der Waals surface area contributed by atoms with Gasteiger partial charge < -0.3 is 10.6 Å². The zero-order valence-electron chi connectivity index (χ0n) is 21.2. The minimum Gasteiger partial charge on any atom is -0.349 e. The van der Waals surface area contributed by atoms with Gasteiger partial charge in [0.1, 0.15) is 6.04 Å². The van der Waals surface area contributed by atoms with E-state index in [1.165, 1.54) is 54.9 Å². The number of rotatable bonds is 7. The minimum absolute atomic E-state index is 0.0768. The Hall–Kier alpha value is -3.17. The Kier molecular flexibility index (Phi) is 7.35.